The van der Waals surface area contributed by atoms with Gasteiger partial charge in [0.2, 0.25) is 0 Å². The van der Waals surface area contributed by atoms with Crippen LogP contribution in [0.2, 0.25) is 0 Å². The van der Waals surface area contributed by atoms with E-state index in [0.717, 1.165) is 33.5 Å². The number of aromatic amines is 1. The number of benzene rings is 2. The van der Waals surface area contributed by atoms with Crippen LogP contribution in [0.1, 0.15) is 13.8 Å². The van der Waals surface area contributed by atoms with E-state index in [1.807, 2.05) is 68.4 Å². The van der Waals surface area contributed by atoms with Crippen molar-refractivity contribution in [3.63, 3.8) is 0 Å². The first-order valence-corrected chi connectivity index (χ1v) is 9.00. The molecule has 6 heteroatoms. The summed E-state index contributed by atoms with van der Waals surface area (Å²) < 4.78 is 7.25. The largest absolute Gasteiger partial charge is 0.494 e. The summed E-state index contributed by atoms with van der Waals surface area (Å²) in [6.07, 6.45) is 0. The Labute approximate surface area is 156 Å². The number of nitrogens with one attached hydrogen (secondary N) is 1. The molecule has 2 aromatic carbocycles. The van der Waals surface area contributed by atoms with Gasteiger partial charge in [0.15, 0.2) is 5.82 Å². The molecule has 0 bridgehead atoms. The minimum absolute atomic E-state index is 0.215. The van der Waals surface area contributed by atoms with Crippen molar-refractivity contribution < 1.29 is 4.74 Å². The van der Waals surface area contributed by atoms with Crippen LogP contribution in [0.25, 0.3) is 33.5 Å². The molecule has 4 aromatic rings. The summed E-state index contributed by atoms with van der Waals surface area (Å²) in [7, 11) is 0. The molecule has 0 aliphatic rings. The maximum Gasteiger partial charge on any atom is 0.343 e. The Morgan fingerprint density at radius 3 is 2.74 bits per heavy atom. The lowest BCUT2D eigenvalue weighted by Gasteiger charge is -2.11. The van der Waals surface area contributed by atoms with Crippen LogP contribution in [-0.2, 0) is 6.54 Å². The quantitative estimate of drug-likeness (QED) is 0.586. The van der Waals surface area contributed by atoms with Crippen molar-refractivity contribution in [3.05, 3.63) is 65.1 Å². The second-order valence-corrected chi connectivity index (χ2v) is 6.13. The summed E-state index contributed by atoms with van der Waals surface area (Å²) in [4.78, 5) is 16.9. The van der Waals surface area contributed by atoms with E-state index in [-0.39, 0.29) is 5.69 Å². The fraction of sp³-hybridized carbons (Fsp3) is 0.190. The van der Waals surface area contributed by atoms with E-state index >= 15 is 0 Å². The van der Waals surface area contributed by atoms with Gasteiger partial charge in [-0.05, 0) is 38.1 Å². The summed E-state index contributed by atoms with van der Waals surface area (Å²) in [6, 6.07) is 17.7. The molecule has 0 radical (unpaired) electrons. The number of aromatic nitrogens is 4. The molecule has 0 aliphatic carbocycles. The lowest BCUT2D eigenvalue weighted by Crippen LogP contribution is -2.16. The summed E-state index contributed by atoms with van der Waals surface area (Å²) >= 11 is 0. The topological polar surface area (TPSA) is 72.8 Å². The molecule has 27 heavy (non-hydrogen) atoms. The molecule has 0 saturated heterocycles. The van der Waals surface area contributed by atoms with Gasteiger partial charge in [-0.15, -0.1) is 0 Å². The van der Waals surface area contributed by atoms with Crippen LogP contribution >= 0.6 is 0 Å². The van der Waals surface area contributed by atoms with Crippen LogP contribution < -0.4 is 10.4 Å². The third-order valence-corrected chi connectivity index (χ3v) is 4.47. The molecule has 0 saturated carbocycles. The molecule has 4 rings (SSSR count). The predicted octanol–water partition coefficient (Wildman–Crippen LogP) is 3.87. The van der Waals surface area contributed by atoms with Gasteiger partial charge in [-0.1, -0.05) is 30.3 Å². The van der Waals surface area contributed by atoms with Crippen LogP contribution in [0.4, 0.5) is 0 Å². The number of hydrogen-bond acceptors (Lipinski definition) is 4. The van der Waals surface area contributed by atoms with Crippen molar-refractivity contribution in [1.82, 2.24) is 19.7 Å². The van der Waals surface area contributed by atoms with Crippen molar-refractivity contribution in [2.75, 3.05) is 6.61 Å². The molecule has 2 aromatic heterocycles. The molecule has 0 spiro atoms. The van der Waals surface area contributed by atoms with Gasteiger partial charge in [0.1, 0.15) is 5.75 Å². The number of fused-ring (bicyclic) bond motifs is 1. The molecule has 0 aliphatic heterocycles. The Morgan fingerprint density at radius 1 is 1.07 bits per heavy atom. The minimum atomic E-state index is -0.215. The summed E-state index contributed by atoms with van der Waals surface area (Å²) in [6.45, 7) is 5.03. The van der Waals surface area contributed by atoms with Crippen molar-refractivity contribution in [2.24, 2.45) is 0 Å². The van der Waals surface area contributed by atoms with Crippen molar-refractivity contribution >= 4 is 10.9 Å². The average Bonchev–Trinajstić information content (AvgIpc) is 3.08. The van der Waals surface area contributed by atoms with Gasteiger partial charge in [0, 0.05) is 23.1 Å². The first-order chi connectivity index (χ1) is 13.2. The highest BCUT2D eigenvalue weighted by Crippen LogP contribution is 2.31. The monoisotopic (exact) mass is 360 g/mol. The lowest BCUT2D eigenvalue weighted by atomic mass is 10.0. The average molecular weight is 360 g/mol. The maximum atomic E-state index is 12.1. The fourth-order valence-corrected chi connectivity index (χ4v) is 3.24. The second-order valence-electron chi connectivity index (χ2n) is 6.13. The second kappa shape index (κ2) is 7.07. The molecule has 136 valence electrons. The number of nitrogens with zero attached hydrogens (tertiary/aromatic N) is 3. The highest BCUT2D eigenvalue weighted by molar-refractivity contribution is 5.95. The van der Waals surface area contributed by atoms with Crippen molar-refractivity contribution in [1.29, 1.82) is 0 Å². The highest BCUT2D eigenvalue weighted by Gasteiger charge is 2.15. The van der Waals surface area contributed by atoms with Gasteiger partial charge in [-0.3, -0.25) is 4.57 Å². The van der Waals surface area contributed by atoms with E-state index in [1.54, 1.807) is 4.57 Å². The Balaban J connectivity index is 1.96. The van der Waals surface area contributed by atoms with Crippen LogP contribution in [-0.4, -0.2) is 26.4 Å². The number of pyridine rings is 1. The molecule has 6 nitrogen and oxygen atoms in total. The van der Waals surface area contributed by atoms with Gasteiger partial charge >= 0.3 is 5.69 Å². The highest BCUT2D eigenvalue weighted by atomic mass is 16.5. The number of para-hydroxylation sites is 1. The molecular weight excluding hydrogens is 340 g/mol. The Hall–Kier alpha value is -3.41. The fourth-order valence-electron chi connectivity index (χ4n) is 3.24. The van der Waals surface area contributed by atoms with Gasteiger partial charge in [-0.2, -0.15) is 5.10 Å². The molecule has 0 amide bonds. The van der Waals surface area contributed by atoms with Gasteiger partial charge in [-0.25, -0.2) is 14.9 Å². The van der Waals surface area contributed by atoms with Crippen molar-refractivity contribution in [2.45, 2.75) is 20.4 Å². The predicted molar refractivity (Wildman–Crippen MR) is 106 cm³/mol. The van der Waals surface area contributed by atoms with E-state index in [1.165, 1.54) is 0 Å². The number of H-pyrrole nitrogens is 1. The zero-order valence-electron chi connectivity index (χ0n) is 15.3. The SMILES string of the molecule is CCOc1cccc(-c2cc(-c3n[nH]c(=O)n3CC)c3ccccc3n2)c1. The van der Waals surface area contributed by atoms with Crippen LogP contribution in [0.3, 0.4) is 0 Å². The first kappa shape index (κ1) is 17.0. The zero-order valence-corrected chi connectivity index (χ0v) is 15.3. The number of hydrogen-bond donors (Lipinski definition) is 1. The van der Waals surface area contributed by atoms with E-state index in [4.69, 9.17) is 9.72 Å². The van der Waals surface area contributed by atoms with Crippen LogP contribution in [0.5, 0.6) is 5.75 Å². The third kappa shape index (κ3) is 3.10. The third-order valence-electron chi connectivity index (χ3n) is 4.47. The molecule has 0 atom stereocenters. The first-order valence-electron chi connectivity index (χ1n) is 9.00. The molecule has 0 fully saturated rings. The normalized spacial score (nSPS) is 11.0. The smallest absolute Gasteiger partial charge is 0.343 e. The van der Waals surface area contributed by atoms with Crippen molar-refractivity contribution in [3.8, 4) is 28.4 Å². The summed E-state index contributed by atoms with van der Waals surface area (Å²) in [5.41, 5.74) is 3.27. The Bertz CT molecular complexity index is 1160. The molecule has 2 heterocycles. The van der Waals surface area contributed by atoms with Gasteiger partial charge in [0.05, 0.1) is 17.8 Å². The van der Waals surface area contributed by atoms with E-state index in [0.29, 0.717) is 19.0 Å². The minimum Gasteiger partial charge on any atom is -0.494 e. The zero-order chi connectivity index (χ0) is 18.8. The molecule has 0 unspecified atom stereocenters. The number of ether oxygens (including phenoxy) is 1. The van der Waals surface area contributed by atoms with Crippen LogP contribution in [0, 0.1) is 0 Å². The van der Waals surface area contributed by atoms with Crippen LogP contribution in [0.15, 0.2) is 59.4 Å². The number of rotatable bonds is 5. The molecular formula is C21H20N4O2. The molecule has 1 N–H and O–H groups in total. The van der Waals surface area contributed by atoms with Gasteiger partial charge in [0.25, 0.3) is 0 Å². The maximum absolute atomic E-state index is 12.1. The van der Waals surface area contributed by atoms with E-state index in [9.17, 15) is 4.79 Å². The van der Waals surface area contributed by atoms with E-state index in [2.05, 4.69) is 10.2 Å². The van der Waals surface area contributed by atoms with Gasteiger partial charge < -0.3 is 4.74 Å². The summed E-state index contributed by atoms with van der Waals surface area (Å²) in [5.74, 6) is 1.42. The standard InChI is InChI=1S/C21H20N4O2/c1-3-25-20(23-24-21(25)26)17-13-19(22-18-11-6-5-10-16(17)18)14-8-7-9-15(12-14)27-4-2/h5-13H,3-4H2,1-2H3,(H,24,26). The summed E-state index contributed by atoms with van der Waals surface area (Å²) in [5, 5.41) is 7.77. The lowest BCUT2D eigenvalue weighted by molar-refractivity contribution is 0.340. The Morgan fingerprint density at radius 2 is 1.93 bits per heavy atom. The van der Waals surface area contributed by atoms with E-state index < -0.39 is 0 Å². The Kier molecular flexibility index (Phi) is 4.46.